The molecule has 35 heavy (non-hydrogen) atoms. The summed E-state index contributed by atoms with van der Waals surface area (Å²) in [5, 5.41) is 0. The SMILES string of the molecule is COC(=O)COc1ccc(SCc2ccc(OCc3ccc(C(F)(F)F)cc3)cc2)c2c1CCC2. The summed E-state index contributed by atoms with van der Waals surface area (Å²) in [6, 6.07) is 16.7. The minimum Gasteiger partial charge on any atom is -0.489 e. The van der Waals surface area contributed by atoms with E-state index in [4.69, 9.17) is 9.47 Å². The third kappa shape index (κ3) is 6.51. The minimum atomic E-state index is -4.34. The van der Waals surface area contributed by atoms with Gasteiger partial charge in [-0.15, -0.1) is 11.8 Å². The molecule has 0 unspecified atom stereocenters. The first-order valence-electron chi connectivity index (χ1n) is 11.2. The number of rotatable bonds is 9. The molecular weight excluding hydrogens is 477 g/mol. The summed E-state index contributed by atoms with van der Waals surface area (Å²) in [6.45, 7) is 0.103. The molecule has 3 aromatic rings. The van der Waals surface area contributed by atoms with Crippen LogP contribution in [-0.4, -0.2) is 19.7 Å². The maximum Gasteiger partial charge on any atom is 0.416 e. The second-order valence-electron chi connectivity index (χ2n) is 8.15. The van der Waals surface area contributed by atoms with Crippen LogP contribution in [-0.2, 0) is 40.9 Å². The van der Waals surface area contributed by atoms with E-state index in [0.29, 0.717) is 11.3 Å². The highest BCUT2D eigenvalue weighted by atomic mass is 32.2. The van der Waals surface area contributed by atoms with Crippen LogP contribution in [0.25, 0.3) is 0 Å². The minimum absolute atomic E-state index is 0.0945. The highest BCUT2D eigenvalue weighted by Gasteiger charge is 2.29. The normalized spacial score (nSPS) is 12.8. The number of hydrogen-bond acceptors (Lipinski definition) is 5. The van der Waals surface area contributed by atoms with Gasteiger partial charge in [-0.1, -0.05) is 24.3 Å². The number of carbonyl (C=O) groups excluding carboxylic acids is 1. The first kappa shape index (κ1) is 25.0. The number of halogens is 3. The monoisotopic (exact) mass is 502 g/mol. The van der Waals surface area contributed by atoms with Crippen LogP contribution in [0.3, 0.4) is 0 Å². The maximum absolute atomic E-state index is 12.7. The van der Waals surface area contributed by atoms with Gasteiger partial charge in [0, 0.05) is 10.6 Å². The van der Waals surface area contributed by atoms with Crippen molar-refractivity contribution in [1.82, 2.24) is 0 Å². The van der Waals surface area contributed by atoms with Gasteiger partial charge >= 0.3 is 12.1 Å². The van der Waals surface area contributed by atoms with Crippen molar-refractivity contribution in [1.29, 1.82) is 0 Å². The summed E-state index contributed by atoms with van der Waals surface area (Å²) < 4.78 is 54.1. The molecule has 0 saturated heterocycles. The Morgan fingerprint density at radius 2 is 1.57 bits per heavy atom. The van der Waals surface area contributed by atoms with Crippen molar-refractivity contribution in [3.05, 3.63) is 88.5 Å². The molecule has 184 valence electrons. The number of thioether (sulfide) groups is 1. The number of esters is 1. The van der Waals surface area contributed by atoms with Gasteiger partial charge in [0.1, 0.15) is 18.1 Å². The van der Waals surface area contributed by atoms with Crippen LogP contribution in [0.1, 0.15) is 34.2 Å². The fourth-order valence-electron chi connectivity index (χ4n) is 3.91. The van der Waals surface area contributed by atoms with Crippen molar-refractivity contribution in [3.8, 4) is 11.5 Å². The molecule has 0 spiro atoms. The van der Waals surface area contributed by atoms with Crippen LogP contribution in [0.2, 0.25) is 0 Å². The first-order chi connectivity index (χ1) is 16.8. The first-order valence-corrected chi connectivity index (χ1v) is 12.2. The summed E-state index contributed by atoms with van der Waals surface area (Å²) in [5.41, 5.74) is 3.59. The number of alkyl halides is 3. The molecule has 0 bridgehead atoms. The van der Waals surface area contributed by atoms with Crippen molar-refractivity contribution < 1.29 is 32.2 Å². The summed E-state index contributed by atoms with van der Waals surface area (Å²) in [4.78, 5) is 12.6. The smallest absolute Gasteiger partial charge is 0.416 e. The second-order valence-corrected chi connectivity index (χ2v) is 9.17. The highest BCUT2D eigenvalue weighted by molar-refractivity contribution is 7.98. The lowest BCUT2D eigenvalue weighted by atomic mass is 10.1. The molecule has 0 radical (unpaired) electrons. The van der Waals surface area contributed by atoms with E-state index in [1.807, 2.05) is 36.4 Å². The fraction of sp³-hybridized carbons (Fsp3) is 0.296. The Morgan fingerprint density at radius 3 is 2.26 bits per heavy atom. The van der Waals surface area contributed by atoms with Crippen molar-refractivity contribution in [3.63, 3.8) is 0 Å². The molecule has 1 aliphatic carbocycles. The molecule has 0 amide bonds. The number of methoxy groups -OCH3 is 1. The van der Waals surface area contributed by atoms with Gasteiger partial charge in [0.2, 0.25) is 0 Å². The van der Waals surface area contributed by atoms with Crippen molar-refractivity contribution >= 4 is 17.7 Å². The Bertz CT molecular complexity index is 1160. The lowest BCUT2D eigenvalue weighted by Gasteiger charge is -2.14. The number of fused-ring (bicyclic) bond motifs is 1. The lowest BCUT2D eigenvalue weighted by Crippen LogP contribution is -2.13. The average Bonchev–Trinajstić information content (AvgIpc) is 3.36. The van der Waals surface area contributed by atoms with Crippen LogP contribution < -0.4 is 9.47 Å². The molecule has 0 N–H and O–H groups in total. The van der Waals surface area contributed by atoms with E-state index in [2.05, 4.69) is 4.74 Å². The van der Waals surface area contributed by atoms with E-state index in [1.165, 1.54) is 35.3 Å². The molecule has 8 heteroatoms. The van der Waals surface area contributed by atoms with Gasteiger partial charge in [-0.05, 0) is 77.9 Å². The van der Waals surface area contributed by atoms with E-state index in [9.17, 15) is 18.0 Å². The van der Waals surface area contributed by atoms with Crippen LogP contribution >= 0.6 is 11.8 Å². The number of carbonyl (C=O) groups is 1. The number of hydrogen-bond donors (Lipinski definition) is 0. The third-order valence-corrected chi connectivity index (χ3v) is 6.95. The van der Waals surface area contributed by atoms with Crippen molar-refractivity contribution in [2.75, 3.05) is 13.7 Å². The van der Waals surface area contributed by atoms with Gasteiger partial charge < -0.3 is 14.2 Å². The summed E-state index contributed by atoms with van der Waals surface area (Å²) in [6.07, 6.45) is -1.35. The maximum atomic E-state index is 12.7. The highest BCUT2D eigenvalue weighted by Crippen LogP contribution is 2.39. The Morgan fingerprint density at radius 1 is 0.886 bits per heavy atom. The van der Waals surface area contributed by atoms with E-state index >= 15 is 0 Å². The zero-order valence-electron chi connectivity index (χ0n) is 19.2. The van der Waals surface area contributed by atoms with Gasteiger partial charge in [0.15, 0.2) is 6.61 Å². The zero-order chi connectivity index (χ0) is 24.8. The van der Waals surface area contributed by atoms with E-state index in [0.717, 1.165) is 48.5 Å². The predicted octanol–water partition coefficient (Wildman–Crippen LogP) is 6.62. The lowest BCUT2D eigenvalue weighted by molar-refractivity contribution is -0.143. The molecule has 0 atom stereocenters. The largest absolute Gasteiger partial charge is 0.489 e. The summed E-state index contributed by atoms with van der Waals surface area (Å²) in [7, 11) is 1.34. The molecule has 4 rings (SSSR count). The van der Waals surface area contributed by atoms with Crippen LogP contribution in [0.5, 0.6) is 11.5 Å². The zero-order valence-corrected chi connectivity index (χ0v) is 20.0. The summed E-state index contributed by atoms with van der Waals surface area (Å²) >= 11 is 1.76. The molecule has 0 aliphatic heterocycles. The standard InChI is InChI=1S/C27H25F3O4S/c1-32-26(31)16-34-24-13-14-25(23-4-2-3-22(23)24)35-17-19-7-11-21(12-8-19)33-15-18-5-9-20(10-6-18)27(28,29)30/h5-14H,2-4,15-17H2,1H3. The van der Waals surface area contributed by atoms with Crippen LogP contribution in [0.4, 0.5) is 13.2 Å². The summed E-state index contributed by atoms with van der Waals surface area (Å²) in [5.74, 6) is 1.80. The molecule has 1 aliphatic rings. The topological polar surface area (TPSA) is 44.8 Å². The van der Waals surface area contributed by atoms with Crippen LogP contribution in [0.15, 0.2) is 65.6 Å². The average molecular weight is 503 g/mol. The molecule has 0 aromatic heterocycles. The number of ether oxygens (including phenoxy) is 3. The van der Waals surface area contributed by atoms with Gasteiger partial charge in [-0.3, -0.25) is 0 Å². The van der Waals surface area contributed by atoms with Gasteiger partial charge in [-0.2, -0.15) is 13.2 Å². The Labute approximate surface area is 206 Å². The van der Waals surface area contributed by atoms with E-state index in [1.54, 1.807) is 11.8 Å². The molecule has 4 nitrogen and oxygen atoms in total. The van der Waals surface area contributed by atoms with Gasteiger partial charge in [0.05, 0.1) is 12.7 Å². The number of benzene rings is 3. The molecule has 0 saturated carbocycles. The Kier molecular flexibility index (Phi) is 7.90. The van der Waals surface area contributed by atoms with Gasteiger partial charge in [-0.25, -0.2) is 4.79 Å². The van der Waals surface area contributed by atoms with Crippen molar-refractivity contribution in [2.24, 2.45) is 0 Å². The Hall–Kier alpha value is -3.13. The van der Waals surface area contributed by atoms with E-state index in [-0.39, 0.29) is 13.2 Å². The molecular formula is C27H25F3O4S. The van der Waals surface area contributed by atoms with Crippen LogP contribution in [0, 0.1) is 0 Å². The molecule has 0 heterocycles. The second kappa shape index (κ2) is 11.1. The van der Waals surface area contributed by atoms with E-state index < -0.39 is 17.7 Å². The quantitative estimate of drug-likeness (QED) is 0.243. The third-order valence-electron chi connectivity index (χ3n) is 5.78. The molecule has 0 fully saturated rings. The molecule has 3 aromatic carbocycles. The van der Waals surface area contributed by atoms with Gasteiger partial charge in [0.25, 0.3) is 0 Å². The van der Waals surface area contributed by atoms with Crippen molar-refractivity contribution in [2.45, 2.75) is 42.7 Å². The predicted molar refractivity (Wildman–Crippen MR) is 128 cm³/mol. The Balaban J connectivity index is 1.31. The fourth-order valence-corrected chi connectivity index (χ4v) is 4.98.